The van der Waals surface area contributed by atoms with Crippen molar-refractivity contribution >= 4 is 34.2 Å². The lowest BCUT2D eigenvalue weighted by atomic mass is 9.71. The van der Waals surface area contributed by atoms with E-state index in [0.717, 1.165) is 30.6 Å². The number of Topliss-reactive ketones (excluding diaryl/α,β-unsaturated/α-hetero) is 1. The number of β-amino-alcohol motifs (C(OH)–C–C–N with tert-alkyl or cyclic N) is 1. The van der Waals surface area contributed by atoms with Crippen molar-refractivity contribution in [2.45, 2.75) is 51.6 Å². The van der Waals surface area contributed by atoms with Crippen LogP contribution < -0.4 is 0 Å². The standard InChI is InChI=1S/C23H26N4O3S/c1-23(8-3-2-4-9-23)20(29)15-11-24-21-19(15)26-16(12-25-21)17-5-6-18(31-17)22(30)27-10-7-14(28)13-27/h5-6,11-12,14,28H,2-4,7-10,13H2,1H3,(H,24,25). The molecule has 1 unspecified atom stereocenters. The molecule has 2 fully saturated rings. The monoisotopic (exact) mass is 438 g/mol. The maximum absolute atomic E-state index is 13.4. The number of thiophene rings is 1. The topological polar surface area (TPSA) is 99.2 Å². The molecule has 1 atom stereocenters. The van der Waals surface area contributed by atoms with E-state index in [1.54, 1.807) is 23.4 Å². The fourth-order valence-electron chi connectivity index (χ4n) is 4.74. The van der Waals surface area contributed by atoms with Crippen LogP contribution in [0.15, 0.2) is 24.5 Å². The predicted molar refractivity (Wildman–Crippen MR) is 119 cm³/mol. The number of fused-ring (bicyclic) bond motifs is 1. The van der Waals surface area contributed by atoms with Gasteiger partial charge in [-0.05, 0) is 31.4 Å². The highest BCUT2D eigenvalue weighted by Crippen LogP contribution is 2.40. The summed E-state index contributed by atoms with van der Waals surface area (Å²) in [6, 6.07) is 3.67. The zero-order valence-corrected chi connectivity index (χ0v) is 18.4. The van der Waals surface area contributed by atoms with Crippen molar-refractivity contribution in [1.29, 1.82) is 0 Å². The van der Waals surface area contributed by atoms with Crippen molar-refractivity contribution in [3.8, 4) is 10.6 Å². The lowest BCUT2D eigenvalue weighted by Crippen LogP contribution is -2.30. The average Bonchev–Trinajstić information content (AvgIpc) is 3.52. The van der Waals surface area contributed by atoms with Crippen molar-refractivity contribution < 1.29 is 14.7 Å². The van der Waals surface area contributed by atoms with Crippen LogP contribution in [-0.4, -0.2) is 55.8 Å². The highest BCUT2D eigenvalue weighted by Gasteiger charge is 2.36. The molecule has 2 aliphatic rings. The Bertz CT molecular complexity index is 1140. The maximum Gasteiger partial charge on any atom is 0.264 e. The van der Waals surface area contributed by atoms with Gasteiger partial charge in [0.05, 0.1) is 33.3 Å². The second-order valence-corrected chi connectivity index (χ2v) is 10.0. The minimum atomic E-state index is -0.438. The second-order valence-electron chi connectivity index (χ2n) is 8.96. The summed E-state index contributed by atoms with van der Waals surface area (Å²) in [7, 11) is 0. The van der Waals surface area contributed by atoms with Gasteiger partial charge in [-0.2, -0.15) is 0 Å². The number of ketones is 1. The summed E-state index contributed by atoms with van der Waals surface area (Å²) in [5, 5.41) is 9.70. The average molecular weight is 439 g/mol. The van der Waals surface area contributed by atoms with E-state index in [1.807, 2.05) is 6.07 Å². The molecular weight excluding hydrogens is 412 g/mol. The first kappa shape index (κ1) is 20.3. The van der Waals surface area contributed by atoms with Gasteiger partial charge in [-0.1, -0.05) is 26.2 Å². The van der Waals surface area contributed by atoms with E-state index in [9.17, 15) is 14.7 Å². The molecule has 8 heteroatoms. The molecule has 1 amide bonds. The van der Waals surface area contributed by atoms with E-state index >= 15 is 0 Å². The van der Waals surface area contributed by atoms with Gasteiger partial charge < -0.3 is 15.0 Å². The molecule has 1 aliphatic carbocycles. The van der Waals surface area contributed by atoms with E-state index in [1.165, 1.54) is 17.8 Å². The lowest BCUT2D eigenvalue weighted by Gasteiger charge is -2.31. The molecule has 162 valence electrons. The van der Waals surface area contributed by atoms with Gasteiger partial charge in [-0.3, -0.25) is 9.59 Å². The molecule has 1 saturated carbocycles. The molecule has 1 saturated heterocycles. The number of carbonyl (C=O) groups is 2. The van der Waals surface area contributed by atoms with Crippen molar-refractivity contribution in [3.05, 3.63) is 35.0 Å². The summed E-state index contributed by atoms with van der Waals surface area (Å²) in [5.41, 5.74) is 2.12. The van der Waals surface area contributed by atoms with Crippen molar-refractivity contribution in [2.24, 2.45) is 5.41 Å². The van der Waals surface area contributed by atoms with Gasteiger partial charge in [0.15, 0.2) is 11.4 Å². The Labute approximate surface area is 184 Å². The number of rotatable bonds is 4. The third kappa shape index (κ3) is 3.68. The number of aromatic amines is 1. The van der Waals surface area contributed by atoms with Gasteiger partial charge in [-0.25, -0.2) is 9.97 Å². The molecule has 0 bridgehead atoms. The minimum absolute atomic E-state index is 0.0652. The second kappa shape index (κ2) is 7.84. The van der Waals surface area contributed by atoms with Gasteiger partial charge in [0.1, 0.15) is 5.52 Å². The number of H-pyrrole nitrogens is 1. The number of likely N-dealkylation sites (tertiary alicyclic amines) is 1. The zero-order chi connectivity index (χ0) is 21.6. The quantitative estimate of drug-likeness (QED) is 0.599. The summed E-state index contributed by atoms with van der Waals surface area (Å²) in [4.78, 5) is 41.5. The molecule has 3 aromatic rings. The number of aliphatic hydroxyl groups excluding tert-OH is 1. The Balaban J connectivity index is 1.44. The van der Waals surface area contributed by atoms with E-state index in [0.29, 0.717) is 46.8 Å². The molecular formula is C23H26N4O3S. The zero-order valence-electron chi connectivity index (χ0n) is 17.6. The number of aromatic nitrogens is 3. The summed E-state index contributed by atoms with van der Waals surface area (Å²) in [5.74, 6) is 0.0732. The molecule has 0 spiro atoms. The van der Waals surface area contributed by atoms with Crippen LogP contribution in [0.4, 0.5) is 0 Å². The van der Waals surface area contributed by atoms with Gasteiger partial charge in [-0.15, -0.1) is 11.3 Å². The fourth-order valence-corrected chi connectivity index (χ4v) is 5.67. The van der Waals surface area contributed by atoms with Crippen LogP contribution in [0.5, 0.6) is 0 Å². The van der Waals surface area contributed by atoms with E-state index < -0.39 is 6.10 Å². The first-order chi connectivity index (χ1) is 14.9. The van der Waals surface area contributed by atoms with Gasteiger partial charge in [0.2, 0.25) is 0 Å². The Kier molecular flexibility index (Phi) is 5.14. The van der Waals surface area contributed by atoms with Crippen LogP contribution in [0.1, 0.15) is 65.5 Å². The Morgan fingerprint density at radius 3 is 2.81 bits per heavy atom. The minimum Gasteiger partial charge on any atom is -0.391 e. The van der Waals surface area contributed by atoms with Crippen molar-refractivity contribution in [1.82, 2.24) is 19.9 Å². The number of amides is 1. The molecule has 5 rings (SSSR count). The Morgan fingerprint density at radius 1 is 1.26 bits per heavy atom. The first-order valence-corrected chi connectivity index (χ1v) is 11.7. The molecule has 0 aromatic carbocycles. The summed E-state index contributed by atoms with van der Waals surface area (Å²) < 4.78 is 0. The number of hydrogen-bond acceptors (Lipinski definition) is 6. The fraction of sp³-hybridized carbons (Fsp3) is 0.478. The molecule has 2 N–H and O–H groups in total. The van der Waals surface area contributed by atoms with Crippen LogP contribution in [0, 0.1) is 5.41 Å². The van der Waals surface area contributed by atoms with Crippen LogP contribution >= 0.6 is 11.3 Å². The number of aliphatic hydroxyl groups is 1. The number of hydrogen-bond donors (Lipinski definition) is 2. The maximum atomic E-state index is 13.4. The highest BCUT2D eigenvalue weighted by molar-refractivity contribution is 7.17. The Hall–Kier alpha value is -2.58. The van der Waals surface area contributed by atoms with Crippen LogP contribution in [0.25, 0.3) is 21.7 Å². The van der Waals surface area contributed by atoms with Crippen LogP contribution in [0.2, 0.25) is 0 Å². The van der Waals surface area contributed by atoms with E-state index in [4.69, 9.17) is 4.98 Å². The molecule has 4 heterocycles. The lowest BCUT2D eigenvalue weighted by molar-refractivity contribution is 0.0749. The first-order valence-electron chi connectivity index (χ1n) is 10.9. The predicted octanol–water partition coefficient (Wildman–Crippen LogP) is 4.05. The number of carbonyl (C=O) groups excluding carboxylic acids is 2. The SMILES string of the molecule is CC1(C(=O)c2c[nH]c3ncc(-c4ccc(C(=O)N5CCC(O)C5)s4)nc23)CCCCC1. The van der Waals surface area contributed by atoms with Crippen LogP contribution in [-0.2, 0) is 0 Å². The van der Waals surface area contributed by atoms with Crippen molar-refractivity contribution in [3.63, 3.8) is 0 Å². The van der Waals surface area contributed by atoms with Crippen LogP contribution in [0.3, 0.4) is 0 Å². The number of nitrogens with zero attached hydrogens (tertiary/aromatic N) is 3. The smallest absolute Gasteiger partial charge is 0.264 e. The largest absolute Gasteiger partial charge is 0.391 e. The van der Waals surface area contributed by atoms with E-state index in [2.05, 4.69) is 16.9 Å². The van der Waals surface area contributed by atoms with Crippen molar-refractivity contribution in [2.75, 3.05) is 13.1 Å². The molecule has 3 aromatic heterocycles. The highest BCUT2D eigenvalue weighted by atomic mass is 32.1. The summed E-state index contributed by atoms with van der Waals surface area (Å²) in [6.45, 7) is 3.02. The van der Waals surface area contributed by atoms with Gasteiger partial charge in [0.25, 0.3) is 5.91 Å². The molecule has 0 radical (unpaired) electrons. The molecule has 31 heavy (non-hydrogen) atoms. The van der Waals surface area contributed by atoms with Gasteiger partial charge in [0, 0.05) is 24.7 Å². The number of nitrogens with one attached hydrogen (secondary N) is 1. The molecule has 1 aliphatic heterocycles. The Morgan fingerprint density at radius 2 is 2.06 bits per heavy atom. The summed E-state index contributed by atoms with van der Waals surface area (Å²) >= 11 is 1.36. The van der Waals surface area contributed by atoms with E-state index in [-0.39, 0.29) is 17.1 Å². The normalized spacial score (nSPS) is 21.0. The third-order valence-electron chi connectivity index (χ3n) is 6.65. The summed E-state index contributed by atoms with van der Waals surface area (Å²) in [6.07, 6.45) is 8.77. The van der Waals surface area contributed by atoms with Gasteiger partial charge >= 0.3 is 0 Å². The molecule has 7 nitrogen and oxygen atoms in total. The third-order valence-corrected chi connectivity index (χ3v) is 7.75.